The normalized spacial score (nSPS) is 13.5. The molecule has 0 radical (unpaired) electrons. The van der Waals surface area contributed by atoms with Gasteiger partial charge in [0.15, 0.2) is 0 Å². The summed E-state index contributed by atoms with van der Waals surface area (Å²) in [5.41, 5.74) is 3.25. The third kappa shape index (κ3) is 4.12. The van der Waals surface area contributed by atoms with E-state index < -0.39 is 0 Å². The van der Waals surface area contributed by atoms with Crippen molar-refractivity contribution in [1.82, 2.24) is 14.9 Å². The Balaban J connectivity index is 1.53. The van der Waals surface area contributed by atoms with E-state index in [1.54, 1.807) is 11.5 Å². The Morgan fingerprint density at radius 1 is 1.13 bits per heavy atom. The third-order valence-corrected chi connectivity index (χ3v) is 6.96. The second-order valence-corrected chi connectivity index (χ2v) is 9.03. The lowest BCUT2D eigenvalue weighted by atomic mass is 10.1. The molecular formula is C23H26N4O3S. The molecule has 0 saturated heterocycles. The van der Waals surface area contributed by atoms with Crippen LogP contribution in [0.4, 0.5) is 5.69 Å². The second kappa shape index (κ2) is 8.63. The summed E-state index contributed by atoms with van der Waals surface area (Å²) in [4.78, 5) is 43.9. The SMILES string of the molecule is Cc1cccc(C)c1NC(=O)CNC(=O)c1sc2nc3n(c(=O)c2c1C)CCCCC3. The number of aryl methyl sites for hydroxylation is 4. The van der Waals surface area contributed by atoms with Crippen LogP contribution in [0.1, 0.15) is 51.4 Å². The monoisotopic (exact) mass is 438 g/mol. The first-order chi connectivity index (χ1) is 14.9. The lowest BCUT2D eigenvalue weighted by Gasteiger charge is -2.11. The average Bonchev–Trinajstić information content (AvgIpc) is 2.90. The molecule has 0 saturated carbocycles. The molecule has 8 heteroatoms. The van der Waals surface area contributed by atoms with Crippen LogP contribution < -0.4 is 16.2 Å². The van der Waals surface area contributed by atoms with E-state index in [9.17, 15) is 14.4 Å². The number of thiophene rings is 1. The Morgan fingerprint density at radius 2 is 1.87 bits per heavy atom. The number of benzene rings is 1. The van der Waals surface area contributed by atoms with Gasteiger partial charge >= 0.3 is 0 Å². The van der Waals surface area contributed by atoms with Crippen molar-refractivity contribution in [1.29, 1.82) is 0 Å². The van der Waals surface area contributed by atoms with Gasteiger partial charge in [-0.25, -0.2) is 4.98 Å². The van der Waals surface area contributed by atoms with E-state index in [4.69, 9.17) is 4.98 Å². The Kier molecular flexibility index (Phi) is 5.91. The number of hydrogen-bond acceptors (Lipinski definition) is 5. The van der Waals surface area contributed by atoms with Crippen LogP contribution in [0.15, 0.2) is 23.0 Å². The molecule has 1 aromatic carbocycles. The van der Waals surface area contributed by atoms with E-state index >= 15 is 0 Å². The summed E-state index contributed by atoms with van der Waals surface area (Å²) >= 11 is 1.22. The molecule has 0 fully saturated rings. The molecule has 0 unspecified atom stereocenters. The zero-order valence-corrected chi connectivity index (χ0v) is 18.8. The van der Waals surface area contributed by atoms with Gasteiger partial charge in [-0.1, -0.05) is 24.6 Å². The Bertz CT molecular complexity index is 1220. The lowest BCUT2D eigenvalue weighted by molar-refractivity contribution is -0.115. The zero-order valence-electron chi connectivity index (χ0n) is 18.0. The predicted octanol–water partition coefficient (Wildman–Crippen LogP) is 3.48. The number of amides is 2. The number of para-hydroxylation sites is 1. The van der Waals surface area contributed by atoms with Gasteiger partial charge in [0, 0.05) is 18.7 Å². The number of carbonyl (C=O) groups excluding carboxylic acids is 2. The molecule has 2 amide bonds. The van der Waals surface area contributed by atoms with Crippen molar-refractivity contribution >= 4 is 39.1 Å². The topological polar surface area (TPSA) is 93.1 Å². The summed E-state index contributed by atoms with van der Waals surface area (Å²) in [5, 5.41) is 6.06. The molecule has 1 aliphatic rings. The molecule has 4 rings (SSSR count). The summed E-state index contributed by atoms with van der Waals surface area (Å²) in [6.07, 6.45) is 3.85. The molecule has 0 aliphatic carbocycles. The van der Waals surface area contributed by atoms with Crippen molar-refractivity contribution in [3.05, 3.63) is 55.9 Å². The molecule has 2 N–H and O–H groups in total. The van der Waals surface area contributed by atoms with Gasteiger partial charge in [-0.2, -0.15) is 0 Å². The van der Waals surface area contributed by atoms with Crippen LogP contribution in [0, 0.1) is 20.8 Å². The van der Waals surface area contributed by atoms with Gasteiger partial charge in [0.2, 0.25) is 5.91 Å². The minimum absolute atomic E-state index is 0.0672. The molecule has 3 aromatic rings. The van der Waals surface area contributed by atoms with Crippen molar-refractivity contribution in [3.8, 4) is 0 Å². The van der Waals surface area contributed by atoms with Crippen LogP contribution in [0.5, 0.6) is 0 Å². The van der Waals surface area contributed by atoms with E-state index in [0.717, 1.165) is 48.3 Å². The molecule has 31 heavy (non-hydrogen) atoms. The number of nitrogens with zero attached hydrogens (tertiary/aromatic N) is 2. The van der Waals surface area contributed by atoms with Crippen molar-refractivity contribution in [3.63, 3.8) is 0 Å². The number of rotatable bonds is 4. The fourth-order valence-electron chi connectivity index (χ4n) is 4.06. The highest BCUT2D eigenvalue weighted by Gasteiger charge is 2.22. The maximum absolute atomic E-state index is 13.0. The van der Waals surface area contributed by atoms with E-state index in [1.807, 2.05) is 32.0 Å². The predicted molar refractivity (Wildman–Crippen MR) is 123 cm³/mol. The minimum atomic E-state index is -0.364. The number of nitrogens with one attached hydrogen (secondary N) is 2. The largest absolute Gasteiger partial charge is 0.342 e. The number of aromatic nitrogens is 2. The molecule has 162 valence electrons. The van der Waals surface area contributed by atoms with Crippen molar-refractivity contribution in [2.24, 2.45) is 0 Å². The van der Waals surface area contributed by atoms with Crippen LogP contribution in [0.3, 0.4) is 0 Å². The summed E-state index contributed by atoms with van der Waals surface area (Å²) in [6.45, 7) is 6.15. The van der Waals surface area contributed by atoms with E-state index in [-0.39, 0.29) is 23.9 Å². The quantitative estimate of drug-likeness (QED) is 0.652. The highest BCUT2D eigenvalue weighted by molar-refractivity contribution is 7.20. The maximum Gasteiger partial charge on any atom is 0.262 e. The third-order valence-electron chi connectivity index (χ3n) is 5.77. The van der Waals surface area contributed by atoms with Crippen molar-refractivity contribution < 1.29 is 9.59 Å². The van der Waals surface area contributed by atoms with Crippen molar-refractivity contribution in [2.75, 3.05) is 11.9 Å². The summed E-state index contributed by atoms with van der Waals surface area (Å²) in [6, 6.07) is 5.78. The van der Waals surface area contributed by atoms with Gasteiger partial charge in [-0.3, -0.25) is 19.0 Å². The molecule has 0 spiro atoms. The zero-order chi connectivity index (χ0) is 22.1. The first-order valence-electron chi connectivity index (χ1n) is 10.5. The van der Waals surface area contributed by atoms with Crippen molar-refractivity contribution in [2.45, 2.75) is 53.0 Å². The molecule has 3 heterocycles. The van der Waals surface area contributed by atoms with Crippen LogP contribution in [0.25, 0.3) is 10.2 Å². The molecular weight excluding hydrogens is 412 g/mol. The highest BCUT2D eigenvalue weighted by Crippen LogP contribution is 2.28. The van der Waals surface area contributed by atoms with Gasteiger partial charge < -0.3 is 10.6 Å². The second-order valence-electron chi connectivity index (χ2n) is 8.03. The maximum atomic E-state index is 13.0. The highest BCUT2D eigenvalue weighted by atomic mass is 32.1. The fraction of sp³-hybridized carbons (Fsp3) is 0.391. The Hall–Kier alpha value is -3.00. The van der Waals surface area contributed by atoms with E-state index in [2.05, 4.69) is 10.6 Å². The van der Waals surface area contributed by atoms with Gasteiger partial charge in [0.25, 0.3) is 11.5 Å². The number of fused-ring (bicyclic) bond motifs is 2. The first-order valence-corrected chi connectivity index (χ1v) is 11.4. The minimum Gasteiger partial charge on any atom is -0.342 e. The smallest absolute Gasteiger partial charge is 0.262 e. The van der Waals surface area contributed by atoms with E-state index in [0.29, 0.717) is 27.2 Å². The number of anilines is 1. The molecule has 0 bridgehead atoms. The Labute approximate surface area is 184 Å². The Morgan fingerprint density at radius 3 is 2.61 bits per heavy atom. The molecule has 1 aliphatic heterocycles. The average molecular weight is 439 g/mol. The van der Waals surface area contributed by atoms with Crippen LogP contribution in [-0.2, 0) is 17.8 Å². The van der Waals surface area contributed by atoms with Gasteiger partial charge in [0.1, 0.15) is 10.7 Å². The standard InChI is InChI=1S/C23H26N4O3S/c1-13-8-7-9-14(2)19(13)26-17(28)12-24-21(29)20-15(3)18-22(31-20)25-16-10-5-4-6-11-27(16)23(18)30/h7-9H,4-6,10-12H2,1-3H3,(H,24,29)(H,26,28). The van der Waals surface area contributed by atoms with Gasteiger partial charge in [-0.05, 0) is 50.3 Å². The summed E-state index contributed by atoms with van der Waals surface area (Å²) in [7, 11) is 0. The summed E-state index contributed by atoms with van der Waals surface area (Å²) in [5.74, 6) is 0.141. The molecule has 2 aromatic heterocycles. The van der Waals surface area contributed by atoms with Crippen LogP contribution in [0.2, 0.25) is 0 Å². The fourth-order valence-corrected chi connectivity index (χ4v) is 5.17. The number of hydrogen-bond donors (Lipinski definition) is 2. The van der Waals surface area contributed by atoms with Gasteiger partial charge in [0.05, 0.1) is 16.8 Å². The van der Waals surface area contributed by atoms with Gasteiger partial charge in [-0.15, -0.1) is 11.3 Å². The van der Waals surface area contributed by atoms with Crippen LogP contribution >= 0.6 is 11.3 Å². The molecule has 7 nitrogen and oxygen atoms in total. The lowest BCUT2D eigenvalue weighted by Crippen LogP contribution is -2.33. The molecule has 0 atom stereocenters. The summed E-state index contributed by atoms with van der Waals surface area (Å²) < 4.78 is 1.76. The first kappa shape index (κ1) is 21.2. The van der Waals surface area contributed by atoms with E-state index in [1.165, 1.54) is 11.3 Å². The number of carbonyl (C=O) groups is 2. The van der Waals surface area contributed by atoms with Crippen LogP contribution in [-0.4, -0.2) is 27.9 Å².